The van der Waals surface area contributed by atoms with Crippen molar-refractivity contribution >= 4 is 5.78 Å². The van der Waals surface area contributed by atoms with Gasteiger partial charge in [-0.15, -0.1) is 0 Å². The minimum absolute atomic E-state index is 0.259. The zero-order valence-corrected chi connectivity index (χ0v) is 13.0. The lowest BCUT2D eigenvalue weighted by Crippen LogP contribution is -2.08. The predicted molar refractivity (Wildman–Crippen MR) is 82.5 cm³/mol. The van der Waals surface area contributed by atoms with Gasteiger partial charge in [0.1, 0.15) is 17.1 Å². The van der Waals surface area contributed by atoms with Crippen LogP contribution in [-0.4, -0.2) is 34.2 Å². The summed E-state index contributed by atoms with van der Waals surface area (Å²) in [6.45, 7) is 0. The van der Waals surface area contributed by atoms with E-state index in [1.54, 1.807) is 36.4 Å². The molecule has 0 aromatic heterocycles. The fourth-order valence-corrected chi connectivity index (χ4v) is 2.28. The van der Waals surface area contributed by atoms with Crippen LogP contribution >= 0.6 is 0 Å². The van der Waals surface area contributed by atoms with Gasteiger partial charge in [0, 0.05) is 0 Å². The van der Waals surface area contributed by atoms with Gasteiger partial charge >= 0.3 is 0 Å². The Morgan fingerprint density at radius 2 is 1.23 bits per heavy atom. The van der Waals surface area contributed by atoms with Crippen LogP contribution in [0.2, 0.25) is 0 Å². The van der Waals surface area contributed by atoms with Crippen LogP contribution in [0.4, 0.5) is 0 Å². The number of hydrogen-bond donors (Lipinski definition) is 0. The highest BCUT2D eigenvalue weighted by molar-refractivity contribution is 6.14. The summed E-state index contributed by atoms with van der Waals surface area (Å²) in [6, 6.07) is 10.3. The van der Waals surface area contributed by atoms with E-state index in [2.05, 4.69) is 0 Å². The number of hydrogen-bond acceptors (Lipinski definition) is 5. The Hall–Kier alpha value is -2.69. The van der Waals surface area contributed by atoms with Crippen molar-refractivity contribution in [1.82, 2.24) is 0 Å². The molecule has 2 aromatic carbocycles. The third-order valence-corrected chi connectivity index (χ3v) is 3.30. The second-order valence-corrected chi connectivity index (χ2v) is 4.41. The molecule has 2 aromatic rings. The number of benzene rings is 2. The van der Waals surface area contributed by atoms with Crippen LogP contribution < -0.4 is 18.9 Å². The van der Waals surface area contributed by atoms with Gasteiger partial charge in [0.15, 0.2) is 11.5 Å². The maximum absolute atomic E-state index is 13.0. The first-order valence-electron chi connectivity index (χ1n) is 6.64. The molecule has 0 saturated heterocycles. The molecule has 0 aliphatic heterocycles. The van der Waals surface area contributed by atoms with Gasteiger partial charge in [-0.25, -0.2) is 0 Å². The number of carbonyl (C=O) groups excluding carboxylic acids is 1. The van der Waals surface area contributed by atoms with Gasteiger partial charge in [0.2, 0.25) is 5.78 Å². The molecule has 116 valence electrons. The zero-order chi connectivity index (χ0) is 16.1. The highest BCUT2D eigenvalue weighted by Crippen LogP contribution is 2.36. The van der Waals surface area contributed by atoms with Crippen molar-refractivity contribution in [2.24, 2.45) is 0 Å². The molecule has 0 atom stereocenters. The maximum Gasteiger partial charge on any atom is 0.204 e. The number of ketones is 1. The van der Waals surface area contributed by atoms with E-state index >= 15 is 0 Å². The molecule has 2 rings (SSSR count). The van der Waals surface area contributed by atoms with Crippen molar-refractivity contribution < 1.29 is 23.7 Å². The predicted octanol–water partition coefficient (Wildman–Crippen LogP) is 2.95. The van der Waals surface area contributed by atoms with E-state index < -0.39 is 0 Å². The number of methoxy groups -OCH3 is 4. The Morgan fingerprint density at radius 3 is 1.73 bits per heavy atom. The van der Waals surface area contributed by atoms with Crippen LogP contribution in [0.25, 0.3) is 0 Å². The van der Waals surface area contributed by atoms with Crippen molar-refractivity contribution in [1.29, 1.82) is 0 Å². The molecule has 0 amide bonds. The van der Waals surface area contributed by atoms with Crippen molar-refractivity contribution in [3.63, 3.8) is 0 Å². The van der Waals surface area contributed by atoms with E-state index in [1.165, 1.54) is 28.4 Å². The molecule has 0 N–H and O–H groups in total. The highest BCUT2D eigenvalue weighted by atomic mass is 16.5. The molecular weight excluding hydrogens is 284 g/mol. The highest BCUT2D eigenvalue weighted by Gasteiger charge is 2.24. The largest absolute Gasteiger partial charge is 0.496 e. The molecule has 0 unspecified atom stereocenters. The smallest absolute Gasteiger partial charge is 0.204 e. The van der Waals surface area contributed by atoms with Gasteiger partial charge in [0.05, 0.1) is 34.0 Å². The van der Waals surface area contributed by atoms with Crippen molar-refractivity contribution in [3.05, 3.63) is 47.5 Å². The van der Waals surface area contributed by atoms with E-state index in [0.29, 0.717) is 34.1 Å². The van der Waals surface area contributed by atoms with Crippen LogP contribution in [-0.2, 0) is 0 Å². The third-order valence-electron chi connectivity index (χ3n) is 3.30. The Kier molecular flexibility index (Phi) is 4.88. The molecule has 0 aliphatic rings. The molecule has 0 bridgehead atoms. The topological polar surface area (TPSA) is 54.0 Å². The molecule has 0 aliphatic carbocycles. The standard InChI is InChI=1S/C17H18O5/c1-19-12-8-6-9-13(20-2)15(12)16(18)11-7-5-10-14(21-3)17(11)22-4/h5-10H,1-4H3. The summed E-state index contributed by atoms with van der Waals surface area (Å²) in [5, 5.41) is 0. The number of rotatable bonds is 6. The average molecular weight is 302 g/mol. The first-order chi connectivity index (χ1) is 10.7. The normalized spacial score (nSPS) is 10.0. The quantitative estimate of drug-likeness (QED) is 0.768. The fourth-order valence-electron chi connectivity index (χ4n) is 2.28. The SMILES string of the molecule is COc1cccc(C(=O)c2c(OC)cccc2OC)c1OC. The van der Waals surface area contributed by atoms with Crippen molar-refractivity contribution in [2.75, 3.05) is 28.4 Å². The third kappa shape index (κ3) is 2.70. The van der Waals surface area contributed by atoms with Crippen molar-refractivity contribution in [2.45, 2.75) is 0 Å². The first-order valence-corrected chi connectivity index (χ1v) is 6.64. The first kappa shape index (κ1) is 15.7. The lowest BCUT2D eigenvalue weighted by atomic mass is 10.00. The maximum atomic E-state index is 13.0. The van der Waals surface area contributed by atoms with Gasteiger partial charge in [0.25, 0.3) is 0 Å². The van der Waals surface area contributed by atoms with E-state index in [-0.39, 0.29) is 5.78 Å². The van der Waals surface area contributed by atoms with Crippen LogP contribution in [0.3, 0.4) is 0 Å². The minimum Gasteiger partial charge on any atom is -0.496 e. The average Bonchev–Trinajstić information content (AvgIpc) is 2.59. The van der Waals surface area contributed by atoms with E-state index in [1.807, 2.05) is 0 Å². The van der Waals surface area contributed by atoms with Crippen LogP contribution in [0, 0.1) is 0 Å². The summed E-state index contributed by atoms with van der Waals surface area (Å²) in [5.74, 6) is 1.48. The molecule has 0 saturated carbocycles. The van der Waals surface area contributed by atoms with Crippen LogP contribution in [0.15, 0.2) is 36.4 Å². The fraction of sp³-hybridized carbons (Fsp3) is 0.235. The molecule has 0 fully saturated rings. The van der Waals surface area contributed by atoms with Gasteiger partial charge < -0.3 is 18.9 Å². The second kappa shape index (κ2) is 6.85. The van der Waals surface area contributed by atoms with Gasteiger partial charge in [-0.3, -0.25) is 4.79 Å². The summed E-state index contributed by atoms with van der Waals surface area (Å²) >= 11 is 0. The molecule has 0 radical (unpaired) electrons. The Balaban J connectivity index is 2.63. The minimum atomic E-state index is -0.259. The van der Waals surface area contributed by atoms with E-state index in [4.69, 9.17) is 18.9 Å². The molecule has 5 nitrogen and oxygen atoms in total. The summed E-state index contributed by atoms with van der Waals surface area (Å²) in [6.07, 6.45) is 0. The Bertz CT molecular complexity index is 656. The summed E-state index contributed by atoms with van der Waals surface area (Å²) in [7, 11) is 6.03. The van der Waals surface area contributed by atoms with Gasteiger partial charge in [-0.1, -0.05) is 12.1 Å². The molecular formula is C17H18O5. The van der Waals surface area contributed by atoms with Gasteiger partial charge in [-0.05, 0) is 24.3 Å². The molecule has 0 spiro atoms. The zero-order valence-electron chi connectivity index (χ0n) is 13.0. The van der Waals surface area contributed by atoms with Crippen LogP contribution in [0.1, 0.15) is 15.9 Å². The summed E-state index contributed by atoms with van der Waals surface area (Å²) < 4.78 is 21.1. The van der Waals surface area contributed by atoms with Crippen molar-refractivity contribution in [3.8, 4) is 23.0 Å². The summed E-state index contributed by atoms with van der Waals surface area (Å²) in [5.41, 5.74) is 0.726. The molecule has 0 heterocycles. The Labute approximate surface area is 129 Å². The van der Waals surface area contributed by atoms with E-state index in [9.17, 15) is 4.79 Å². The Morgan fingerprint density at radius 1 is 0.727 bits per heavy atom. The van der Waals surface area contributed by atoms with Crippen LogP contribution in [0.5, 0.6) is 23.0 Å². The number of carbonyl (C=O) groups is 1. The van der Waals surface area contributed by atoms with E-state index in [0.717, 1.165) is 0 Å². The lowest BCUT2D eigenvalue weighted by molar-refractivity contribution is 0.102. The number of ether oxygens (including phenoxy) is 4. The summed E-state index contributed by atoms with van der Waals surface area (Å²) in [4.78, 5) is 13.0. The number of para-hydroxylation sites is 1. The second-order valence-electron chi connectivity index (χ2n) is 4.41. The lowest BCUT2D eigenvalue weighted by Gasteiger charge is -2.15. The van der Waals surface area contributed by atoms with Gasteiger partial charge in [-0.2, -0.15) is 0 Å². The molecule has 22 heavy (non-hydrogen) atoms. The monoisotopic (exact) mass is 302 g/mol. The molecule has 5 heteroatoms.